The van der Waals surface area contributed by atoms with E-state index in [1.165, 1.54) is 19.2 Å². The van der Waals surface area contributed by atoms with Gasteiger partial charge in [-0.2, -0.15) is 4.98 Å². The highest BCUT2D eigenvalue weighted by Gasteiger charge is 2.18. The van der Waals surface area contributed by atoms with Crippen molar-refractivity contribution in [2.24, 2.45) is 0 Å². The highest BCUT2D eigenvalue weighted by Crippen LogP contribution is 2.27. The lowest BCUT2D eigenvalue weighted by Gasteiger charge is -2.03. The van der Waals surface area contributed by atoms with Crippen molar-refractivity contribution in [2.45, 2.75) is 6.61 Å². The Hall–Kier alpha value is -3.27. The van der Waals surface area contributed by atoms with Crippen molar-refractivity contribution in [3.8, 4) is 17.1 Å². The quantitative estimate of drug-likeness (QED) is 0.373. The van der Waals surface area contributed by atoms with E-state index < -0.39 is 10.9 Å². The van der Waals surface area contributed by atoms with Gasteiger partial charge in [-0.05, 0) is 18.2 Å². The van der Waals surface area contributed by atoms with Gasteiger partial charge >= 0.3 is 11.0 Å². The maximum atomic E-state index is 11.9. The lowest BCUT2D eigenvalue weighted by atomic mass is 10.2. The molecule has 0 saturated carbocycles. The van der Waals surface area contributed by atoms with E-state index in [1.54, 1.807) is 18.2 Å². The van der Waals surface area contributed by atoms with E-state index in [2.05, 4.69) is 10.1 Å². The fourth-order valence-corrected chi connectivity index (χ4v) is 2.70. The van der Waals surface area contributed by atoms with Gasteiger partial charge in [-0.1, -0.05) is 28.6 Å². The van der Waals surface area contributed by atoms with Crippen LogP contribution in [0, 0.1) is 10.1 Å². The molecule has 0 bridgehead atoms. The van der Waals surface area contributed by atoms with Crippen LogP contribution in [0.25, 0.3) is 11.4 Å². The number of ether oxygens (including phenoxy) is 2. The summed E-state index contributed by atoms with van der Waals surface area (Å²) in [5.41, 5.74) is 0.639. The number of benzene rings is 1. The number of para-hydroxylation sites is 1. The number of nitrogens with zero attached hydrogens (tertiary/aromatic N) is 3. The molecule has 0 aliphatic carbocycles. The van der Waals surface area contributed by atoms with Crippen molar-refractivity contribution in [3.05, 3.63) is 57.3 Å². The molecule has 2 aromatic heterocycles. The summed E-state index contributed by atoms with van der Waals surface area (Å²) in [5.74, 6) is 0.281. The van der Waals surface area contributed by atoms with E-state index >= 15 is 0 Å². The summed E-state index contributed by atoms with van der Waals surface area (Å²) in [6.45, 7) is -0.243. The zero-order valence-corrected chi connectivity index (χ0v) is 13.7. The fraction of sp³-hybridized carbons (Fsp3) is 0.133. The number of carbonyl (C=O) groups is 1. The number of aromatic nitrogens is 2. The highest BCUT2D eigenvalue weighted by atomic mass is 32.1. The molecule has 0 spiro atoms. The van der Waals surface area contributed by atoms with Crippen LogP contribution in [0.3, 0.4) is 0 Å². The molecule has 0 fully saturated rings. The van der Waals surface area contributed by atoms with Gasteiger partial charge in [-0.3, -0.25) is 10.1 Å². The third-order valence-corrected chi connectivity index (χ3v) is 4.13. The summed E-state index contributed by atoms with van der Waals surface area (Å²) in [7, 11) is 1.53. The van der Waals surface area contributed by atoms with Crippen molar-refractivity contribution in [2.75, 3.05) is 7.11 Å². The summed E-state index contributed by atoms with van der Waals surface area (Å²) < 4.78 is 15.3. The Morgan fingerprint density at radius 2 is 2.12 bits per heavy atom. The standard InChI is InChI=1S/C15H11N3O6S/c1-22-10-5-3-2-4-9(10)14-16-12(24-17-14)8-23-15(19)11-6-7-13(25-11)18(20)21/h2-7H,8H2,1H3. The molecule has 1 aromatic carbocycles. The van der Waals surface area contributed by atoms with Crippen LogP contribution in [-0.2, 0) is 11.3 Å². The molecule has 2 heterocycles. The number of rotatable bonds is 6. The first-order chi connectivity index (χ1) is 12.1. The maximum Gasteiger partial charge on any atom is 0.349 e. The van der Waals surface area contributed by atoms with E-state index in [0.717, 1.165) is 11.3 Å². The smallest absolute Gasteiger partial charge is 0.349 e. The summed E-state index contributed by atoms with van der Waals surface area (Å²) in [6.07, 6.45) is 0. The Morgan fingerprint density at radius 3 is 2.84 bits per heavy atom. The number of hydrogen-bond acceptors (Lipinski definition) is 9. The van der Waals surface area contributed by atoms with Gasteiger partial charge in [0.1, 0.15) is 10.6 Å². The van der Waals surface area contributed by atoms with E-state index in [0.29, 0.717) is 17.1 Å². The first-order valence-electron chi connectivity index (χ1n) is 6.96. The van der Waals surface area contributed by atoms with E-state index in [9.17, 15) is 14.9 Å². The molecule has 3 aromatic rings. The van der Waals surface area contributed by atoms with Gasteiger partial charge in [0.2, 0.25) is 5.82 Å². The van der Waals surface area contributed by atoms with Gasteiger partial charge in [0.15, 0.2) is 6.61 Å². The monoisotopic (exact) mass is 361 g/mol. The highest BCUT2D eigenvalue weighted by molar-refractivity contribution is 7.17. The van der Waals surface area contributed by atoms with E-state index in [-0.39, 0.29) is 22.4 Å². The molecule has 128 valence electrons. The third kappa shape index (κ3) is 3.63. The summed E-state index contributed by atoms with van der Waals surface area (Å²) >= 11 is 0.734. The Kier molecular flexibility index (Phi) is 4.70. The molecule has 0 amide bonds. The normalized spacial score (nSPS) is 10.4. The zero-order chi connectivity index (χ0) is 17.8. The van der Waals surface area contributed by atoms with Crippen LogP contribution in [0.15, 0.2) is 40.9 Å². The van der Waals surface area contributed by atoms with Gasteiger partial charge in [-0.25, -0.2) is 4.79 Å². The molecule has 0 atom stereocenters. The Morgan fingerprint density at radius 1 is 1.32 bits per heavy atom. The number of hydrogen-bond donors (Lipinski definition) is 0. The first-order valence-corrected chi connectivity index (χ1v) is 7.77. The summed E-state index contributed by atoms with van der Waals surface area (Å²) in [4.78, 5) is 26.2. The molecule has 10 heteroatoms. The Labute approximate surface area is 145 Å². The Bertz CT molecular complexity index is 919. The number of nitro groups is 1. The number of methoxy groups -OCH3 is 1. The third-order valence-electron chi connectivity index (χ3n) is 3.12. The molecule has 25 heavy (non-hydrogen) atoms. The van der Waals surface area contributed by atoms with Crippen LogP contribution in [0.1, 0.15) is 15.6 Å². The molecule has 0 saturated heterocycles. The predicted molar refractivity (Wildman–Crippen MR) is 86.4 cm³/mol. The second kappa shape index (κ2) is 7.09. The van der Waals surface area contributed by atoms with Gasteiger partial charge in [0.05, 0.1) is 17.6 Å². The average Bonchev–Trinajstić information content (AvgIpc) is 3.29. The fourth-order valence-electron chi connectivity index (χ4n) is 1.99. The first kappa shape index (κ1) is 16.6. The van der Waals surface area contributed by atoms with E-state index in [1.807, 2.05) is 6.07 Å². The zero-order valence-electron chi connectivity index (χ0n) is 12.9. The minimum Gasteiger partial charge on any atom is -0.496 e. The summed E-state index contributed by atoms with van der Waals surface area (Å²) in [5, 5.41) is 14.3. The molecular weight excluding hydrogens is 350 g/mol. The molecule has 0 aliphatic rings. The molecule has 9 nitrogen and oxygen atoms in total. The maximum absolute atomic E-state index is 11.9. The van der Waals surface area contributed by atoms with Crippen molar-refractivity contribution in [3.63, 3.8) is 0 Å². The Balaban J connectivity index is 1.67. The van der Waals surface area contributed by atoms with Crippen LogP contribution < -0.4 is 4.74 Å². The molecule has 3 rings (SSSR count). The second-order valence-corrected chi connectivity index (χ2v) is 5.75. The van der Waals surface area contributed by atoms with Crippen molar-refractivity contribution in [1.29, 1.82) is 0 Å². The minimum absolute atomic E-state index is 0.0975. The van der Waals surface area contributed by atoms with Crippen LogP contribution in [-0.4, -0.2) is 28.1 Å². The number of thiophene rings is 1. The summed E-state index contributed by atoms with van der Waals surface area (Å²) in [6, 6.07) is 9.72. The van der Waals surface area contributed by atoms with Crippen molar-refractivity contribution in [1.82, 2.24) is 10.1 Å². The molecular formula is C15H11N3O6S. The molecule has 0 radical (unpaired) electrons. The second-order valence-electron chi connectivity index (χ2n) is 4.68. The van der Waals surface area contributed by atoms with Crippen LogP contribution in [0.2, 0.25) is 0 Å². The van der Waals surface area contributed by atoms with Crippen LogP contribution in [0.5, 0.6) is 5.75 Å². The van der Waals surface area contributed by atoms with Crippen LogP contribution in [0.4, 0.5) is 5.00 Å². The average molecular weight is 361 g/mol. The van der Waals surface area contributed by atoms with Crippen molar-refractivity contribution >= 4 is 22.3 Å². The van der Waals surface area contributed by atoms with Gasteiger partial charge in [0, 0.05) is 6.07 Å². The van der Waals surface area contributed by atoms with Gasteiger partial charge < -0.3 is 14.0 Å². The van der Waals surface area contributed by atoms with Crippen LogP contribution >= 0.6 is 11.3 Å². The van der Waals surface area contributed by atoms with Crippen molar-refractivity contribution < 1.29 is 23.7 Å². The number of carbonyl (C=O) groups excluding carboxylic acids is 1. The van der Waals surface area contributed by atoms with Gasteiger partial charge in [-0.15, -0.1) is 0 Å². The topological polar surface area (TPSA) is 118 Å². The lowest BCUT2D eigenvalue weighted by Crippen LogP contribution is -2.03. The van der Waals surface area contributed by atoms with Gasteiger partial charge in [0.25, 0.3) is 5.89 Å². The van der Waals surface area contributed by atoms with E-state index in [4.69, 9.17) is 14.0 Å². The predicted octanol–water partition coefficient (Wildman–Crippen LogP) is 3.07. The number of esters is 1. The molecule has 0 N–H and O–H groups in total. The molecule has 0 unspecified atom stereocenters. The minimum atomic E-state index is -0.699. The lowest BCUT2D eigenvalue weighted by molar-refractivity contribution is -0.380. The molecule has 0 aliphatic heterocycles. The SMILES string of the molecule is COc1ccccc1-c1noc(COC(=O)c2ccc([N+](=O)[O-])s2)n1. The largest absolute Gasteiger partial charge is 0.496 e.